The average molecular weight is 375 g/mol. The summed E-state index contributed by atoms with van der Waals surface area (Å²) in [4.78, 5) is 13.6. The molecule has 0 amide bonds. The predicted octanol–water partition coefficient (Wildman–Crippen LogP) is 2.74. The Labute approximate surface area is 136 Å². The molecule has 2 rings (SSSR count). The second-order valence-electron chi connectivity index (χ2n) is 4.27. The SMILES string of the molecule is COC(=O)[C@H]1CN(C(=S)Nc2cccc(Br)c2)CCS1. The Bertz CT molecular complexity index is 513. The van der Waals surface area contributed by atoms with Crippen molar-refractivity contribution in [3.05, 3.63) is 28.7 Å². The number of nitrogens with one attached hydrogen (secondary N) is 1. The summed E-state index contributed by atoms with van der Waals surface area (Å²) in [5, 5.41) is 3.66. The molecule has 4 nitrogen and oxygen atoms in total. The molecule has 1 aliphatic rings. The molecule has 1 aromatic rings. The molecule has 108 valence electrons. The Morgan fingerprint density at radius 3 is 3.10 bits per heavy atom. The summed E-state index contributed by atoms with van der Waals surface area (Å²) in [6, 6.07) is 7.81. The van der Waals surface area contributed by atoms with Gasteiger partial charge in [-0.3, -0.25) is 4.79 Å². The number of thioether (sulfide) groups is 1. The number of esters is 1. The third-order valence-electron chi connectivity index (χ3n) is 2.89. The van der Waals surface area contributed by atoms with Crippen LogP contribution in [0.25, 0.3) is 0 Å². The molecule has 0 aliphatic carbocycles. The fraction of sp³-hybridized carbons (Fsp3) is 0.385. The van der Waals surface area contributed by atoms with E-state index in [-0.39, 0.29) is 11.2 Å². The molecule has 20 heavy (non-hydrogen) atoms. The molecule has 1 N–H and O–H groups in total. The lowest BCUT2D eigenvalue weighted by molar-refractivity contribution is -0.140. The number of benzene rings is 1. The van der Waals surface area contributed by atoms with Crippen molar-refractivity contribution < 1.29 is 9.53 Å². The number of halogens is 1. The number of carbonyl (C=O) groups is 1. The molecule has 1 aromatic carbocycles. The van der Waals surface area contributed by atoms with Crippen LogP contribution in [0.3, 0.4) is 0 Å². The normalized spacial score (nSPS) is 18.5. The molecule has 0 spiro atoms. The van der Waals surface area contributed by atoms with Crippen molar-refractivity contribution in [2.24, 2.45) is 0 Å². The summed E-state index contributed by atoms with van der Waals surface area (Å²) in [7, 11) is 1.42. The van der Waals surface area contributed by atoms with E-state index in [1.54, 1.807) is 11.8 Å². The number of ether oxygens (including phenoxy) is 1. The van der Waals surface area contributed by atoms with Crippen LogP contribution in [0.2, 0.25) is 0 Å². The topological polar surface area (TPSA) is 41.6 Å². The van der Waals surface area contributed by atoms with Crippen molar-refractivity contribution in [3.63, 3.8) is 0 Å². The van der Waals surface area contributed by atoms with Gasteiger partial charge in [0.25, 0.3) is 0 Å². The summed E-state index contributed by atoms with van der Waals surface area (Å²) in [5.41, 5.74) is 0.928. The van der Waals surface area contributed by atoms with Gasteiger partial charge in [0.1, 0.15) is 5.25 Å². The van der Waals surface area contributed by atoms with Crippen LogP contribution in [0.5, 0.6) is 0 Å². The number of rotatable bonds is 2. The Hall–Kier alpha value is -0.790. The summed E-state index contributed by atoms with van der Waals surface area (Å²) in [5.74, 6) is 0.671. The van der Waals surface area contributed by atoms with Gasteiger partial charge in [0.15, 0.2) is 5.11 Å². The van der Waals surface area contributed by atoms with Crippen molar-refractivity contribution in [2.45, 2.75) is 5.25 Å². The largest absolute Gasteiger partial charge is 0.468 e. The number of thiocarbonyl (C=S) groups is 1. The molecule has 1 saturated heterocycles. The van der Waals surface area contributed by atoms with Crippen molar-refractivity contribution in [1.29, 1.82) is 0 Å². The minimum absolute atomic E-state index is 0.170. The van der Waals surface area contributed by atoms with Crippen molar-refractivity contribution in [3.8, 4) is 0 Å². The zero-order chi connectivity index (χ0) is 14.5. The minimum Gasteiger partial charge on any atom is -0.468 e. The Kier molecular flexibility index (Phi) is 5.68. The van der Waals surface area contributed by atoms with E-state index in [9.17, 15) is 4.79 Å². The second-order valence-corrected chi connectivity index (χ2v) is 6.88. The van der Waals surface area contributed by atoms with Crippen LogP contribution in [0.15, 0.2) is 28.7 Å². The van der Waals surface area contributed by atoms with Crippen LogP contribution < -0.4 is 5.32 Å². The third kappa shape index (κ3) is 4.10. The van der Waals surface area contributed by atoms with E-state index in [2.05, 4.69) is 21.2 Å². The van der Waals surface area contributed by atoms with Crippen molar-refractivity contribution in [1.82, 2.24) is 4.90 Å². The highest BCUT2D eigenvalue weighted by Crippen LogP contribution is 2.21. The molecule has 0 radical (unpaired) electrons. The number of hydrogen-bond donors (Lipinski definition) is 1. The first-order valence-electron chi connectivity index (χ1n) is 6.11. The highest BCUT2D eigenvalue weighted by atomic mass is 79.9. The molecule has 1 fully saturated rings. The van der Waals surface area contributed by atoms with Gasteiger partial charge in [0, 0.05) is 29.0 Å². The maximum Gasteiger partial charge on any atom is 0.320 e. The number of hydrogen-bond acceptors (Lipinski definition) is 4. The number of methoxy groups -OCH3 is 1. The van der Waals surface area contributed by atoms with E-state index in [1.165, 1.54) is 7.11 Å². The van der Waals surface area contributed by atoms with E-state index < -0.39 is 0 Å². The van der Waals surface area contributed by atoms with Gasteiger partial charge in [-0.25, -0.2) is 0 Å². The van der Waals surface area contributed by atoms with E-state index in [1.807, 2.05) is 29.2 Å². The predicted molar refractivity (Wildman–Crippen MR) is 90.2 cm³/mol. The highest BCUT2D eigenvalue weighted by Gasteiger charge is 2.28. The Balaban J connectivity index is 1.97. The smallest absolute Gasteiger partial charge is 0.320 e. The van der Waals surface area contributed by atoms with E-state index in [0.717, 1.165) is 22.5 Å². The number of carbonyl (C=O) groups excluding carboxylic acids is 1. The molecule has 0 bridgehead atoms. The van der Waals surface area contributed by atoms with E-state index in [4.69, 9.17) is 17.0 Å². The quantitative estimate of drug-likeness (QED) is 0.633. The van der Waals surface area contributed by atoms with Gasteiger partial charge in [-0.05, 0) is 30.4 Å². The number of anilines is 1. The van der Waals surface area contributed by atoms with Crippen LogP contribution in [0.1, 0.15) is 0 Å². The van der Waals surface area contributed by atoms with Gasteiger partial charge in [-0.2, -0.15) is 0 Å². The molecule has 0 aromatic heterocycles. The second kappa shape index (κ2) is 7.28. The third-order valence-corrected chi connectivity index (χ3v) is 4.91. The van der Waals surface area contributed by atoms with Crippen LogP contribution in [-0.4, -0.2) is 47.2 Å². The Morgan fingerprint density at radius 2 is 2.40 bits per heavy atom. The fourth-order valence-corrected chi connectivity index (χ4v) is 3.69. The van der Waals surface area contributed by atoms with E-state index in [0.29, 0.717) is 11.7 Å². The molecule has 1 atom stereocenters. The highest BCUT2D eigenvalue weighted by molar-refractivity contribution is 9.10. The average Bonchev–Trinajstić information content (AvgIpc) is 2.46. The lowest BCUT2D eigenvalue weighted by Gasteiger charge is -2.33. The van der Waals surface area contributed by atoms with Gasteiger partial charge < -0.3 is 15.0 Å². The van der Waals surface area contributed by atoms with Gasteiger partial charge in [0.2, 0.25) is 0 Å². The lowest BCUT2D eigenvalue weighted by Crippen LogP contribution is -2.46. The minimum atomic E-state index is -0.190. The van der Waals surface area contributed by atoms with E-state index >= 15 is 0 Å². The molecular formula is C13H15BrN2O2S2. The first-order valence-corrected chi connectivity index (χ1v) is 8.36. The zero-order valence-electron chi connectivity index (χ0n) is 11.0. The van der Waals surface area contributed by atoms with Crippen molar-refractivity contribution >= 4 is 56.7 Å². The van der Waals surface area contributed by atoms with Gasteiger partial charge >= 0.3 is 5.97 Å². The fourth-order valence-electron chi connectivity index (χ4n) is 1.88. The van der Waals surface area contributed by atoms with Crippen LogP contribution in [-0.2, 0) is 9.53 Å². The molecule has 0 saturated carbocycles. The van der Waals surface area contributed by atoms with Gasteiger partial charge in [0.05, 0.1) is 7.11 Å². The van der Waals surface area contributed by atoms with Crippen LogP contribution >= 0.6 is 39.9 Å². The van der Waals surface area contributed by atoms with Gasteiger partial charge in [-0.15, -0.1) is 11.8 Å². The molecular weight excluding hydrogens is 360 g/mol. The van der Waals surface area contributed by atoms with Crippen molar-refractivity contribution in [2.75, 3.05) is 31.3 Å². The van der Waals surface area contributed by atoms with Crippen LogP contribution in [0, 0.1) is 0 Å². The Morgan fingerprint density at radius 1 is 1.60 bits per heavy atom. The van der Waals surface area contributed by atoms with Gasteiger partial charge in [-0.1, -0.05) is 22.0 Å². The number of nitrogens with zero attached hydrogens (tertiary/aromatic N) is 1. The molecule has 1 aliphatic heterocycles. The maximum atomic E-state index is 11.6. The summed E-state index contributed by atoms with van der Waals surface area (Å²) >= 11 is 10.5. The lowest BCUT2D eigenvalue weighted by atomic mass is 10.3. The molecule has 0 unspecified atom stereocenters. The summed E-state index contributed by atoms with van der Waals surface area (Å²) in [6.45, 7) is 1.41. The standard InChI is InChI=1S/C13H15BrN2O2S2/c1-18-12(17)11-8-16(5-6-20-11)13(19)15-10-4-2-3-9(14)7-10/h2-4,7,11H,5-6,8H2,1H3,(H,15,19)/t11-/m1/s1. The summed E-state index contributed by atoms with van der Waals surface area (Å²) < 4.78 is 5.79. The summed E-state index contributed by atoms with van der Waals surface area (Å²) in [6.07, 6.45) is 0. The monoisotopic (exact) mass is 374 g/mol. The first kappa shape index (κ1) is 15.6. The first-order chi connectivity index (χ1) is 9.60. The maximum absolute atomic E-state index is 11.6. The molecule has 7 heteroatoms. The zero-order valence-corrected chi connectivity index (χ0v) is 14.2. The molecule has 1 heterocycles. The van der Waals surface area contributed by atoms with Crippen LogP contribution in [0.4, 0.5) is 5.69 Å².